The Bertz CT molecular complexity index is 175. The zero-order valence-electron chi connectivity index (χ0n) is 7.71. The highest BCUT2D eigenvalue weighted by atomic mass is 35.5. The van der Waals surface area contributed by atoms with E-state index in [2.05, 4.69) is 0 Å². The molecule has 1 aliphatic heterocycles. The molecule has 1 amide bonds. The van der Waals surface area contributed by atoms with Crippen molar-refractivity contribution in [2.45, 2.75) is 19.3 Å². The molecule has 1 atom stereocenters. The molecule has 0 bridgehead atoms. The smallest absolute Gasteiger partial charge is 0.223 e. The molecule has 3 nitrogen and oxygen atoms in total. The molecule has 1 rings (SSSR count). The number of rotatable bonds is 3. The van der Waals surface area contributed by atoms with Crippen LogP contribution in [0.2, 0.25) is 0 Å². The Hall–Kier alpha value is -0.280. The maximum absolute atomic E-state index is 11.4. The summed E-state index contributed by atoms with van der Waals surface area (Å²) >= 11 is 5.49. The molecule has 0 aliphatic carbocycles. The van der Waals surface area contributed by atoms with Gasteiger partial charge in [-0.05, 0) is 18.8 Å². The number of carbonyl (C=O) groups excluding carboxylic acids is 1. The van der Waals surface area contributed by atoms with Crippen LogP contribution in [0.4, 0.5) is 0 Å². The van der Waals surface area contributed by atoms with Crippen molar-refractivity contribution in [1.82, 2.24) is 4.90 Å². The van der Waals surface area contributed by atoms with Crippen molar-refractivity contribution in [3.63, 3.8) is 0 Å². The topological polar surface area (TPSA) is 40.5 Å². The maximum Gasteiger partial charge on any atom is 0.223 e. The monoisotopic (exact) mass is 205 g/mol. The molecule has 1 fully saturated rings. The van der Waals surface area contributed by atoms with E-state index in [4.69, 9.17) is 16.7 Å². The molecule has 0 saturated carbocycles. The SMILES string of the molecule is O=C(CCCl)N1CCC[C@@H](CO)C1. The largest absolute Gasteiger partial charge is 0.396 e. The van der Waals surface area contributed by atoms with Crippen LogP contribution < -0.4 is 0 Å². The first-order chi connectivity index (χ1) is 6.27. The predicted molar refractivity (Wildman–Crippen MR) is 51.7 cm³/mol. The fourth-order valence-corrected chi connectivity index (χ4v) is 1.84. The van der Waals surface area contributed by atoms with E-state index in [0.29, 0.717) is 18.8 Å². The Morgan fingerprint density at radius 1 is 1.62 bits per heavy atom. The standard InChI is InChI=1S/C9H16ClNO2/c10-4-3-9(13)11-5-1-2-8(6-11)7-12/h8,12H,1-7H2/t8-/m1/s1. The van der Waals surface area contributed by atoms with Gasteiger partial charge in [0, 0.05) is 32.0 Å². The Morgan fingerprint density at radius 3 is 3.00 bits per heavy atom. The number of alkyl halides is 1. The molecule has 0 unspecified atom stereocenters. The summed E-state index contributed by atoms with van der Waals surface area (Å²) in [7, 11) is 0. The summed E-state index contributed by atoms with van der Waals surface area (Å²) in [5.74, 6) is 0.778. The van der Waals surface area contributed by atoms with Crippen LogP contribution in [-0.4, -0.2) is 41.5 Å². The first-order valence-electron chi connectivity index (χ1n) is 4.72. The Morgan fingerprint density at radius 2 is 2.38 bits per heavy atom. The van der Waals surface area contributed by atoms with E-state index in [9.17, 15) is 4.79 Å². The molecule has 76 valence electrons. The lowest BCUT2D eigenvalue weighted by Gasteiger charge is -2.31. The molecule has 1 aliphatic rings. The fourth-order valence-electron chi connectivity index (χ4n) is 1.68. The van der Waals surface area contributed by atoms with Crippen molar-refractivity contribution < 1.29 is 9.90 Å². The van der Waals surface area contributed by atoms with E-state index >= 15 is 0 Å². The third-order valence-electron chi connectivity index (χ3n) is 2.44. The molecule has 1 heterocycles. The minimum atomic E-state index is 0.119. The molecule has 1 saturated heterocycles. The van der Waals surface area contributed by atoms with E-state index in [1.54, 1.807) is 0 Å². The first-order valence-corrected chi connectivity index (χ1v) is 5.26. The molecule has 4 heteroatoms. The second-order valence-electron chi connectivity index (χ2n) is 3.47. The van der Waals surface area contributed by atoms with Crippen LogP contribution in [0.5, 0.6) is 0 Å². The summed E-state index contributed by atoms with van der Waals surface area (Å²) in [6, 6.07) is 0. The lowest BCUT2D eigenvalue weighted by Crippen LogP contribution is -2.40. The third-order valence-corrected chi connectivity index (χ3v) is 2.63. The van der Waals surface area contributed by atoms with Crippen molar-refractivity contribution in [1.29, 1.82) is 0 Å². The van der Waals surface area contributed by atoms with Gasteiger partial charge in [0.15, 0.2) is 0 Å². The number of carbonyl (C=O) groups is 1. The number of piperidine rings is 1. The number of nitrogens with zero attached hydrogens (tertiary/aromatic N) is 1. The van der Waals surface area contributed by atoms with E-state index in [-0.39, 0.29) is 18.4 Å². The summed E-state index contributed by atoms with van der Waals surface area (Å²) in [6.07, 6.45) is 2.44. The highest BCUT2D eigenvalue weighted by molar-refractivity contribution is 6.18. The summed E-state index contributed by atoms with van der Waals surface area (Å²) in [5, 5.41) is 8.96. The summed E-state index contributed by atoms with van der Waals surface area (Å²) in [5.41, 5.74) is 0. The molecular formula is C9H16ClNO2. The van der Waals surface area contributed by atoms with Crippen molar-refractivity contribution in [3.8, 4) is 0 Å². The zero-order valence-corrected chi connectivity index (χ0v) is 8.46. The molecular weight excluding hydrogens is 190 g/mol. The number of likely N-dealkylation sites (tertiary alicyclic amines) is 1. The normalized spacial score (nSPS) is 23.2. The average molecular weight is 206 g/mol. The van der Waals surface area contributed by atoms with Crippen LogP contribution in [0.15, 0.2) is 0 Å². The van der Waals surface area contributed by atoms with Gasteiger partial charge in [0.2, 0.25) is 5.91 Å². The van der Waals surface area contributed by atoms with Gasteiger partial charge >= 0.3 is 0 Å². The minimum absolute atomic E-state index is 0.119. The van der Waals surface area contributed by atoms with Gasteiger partial charge < -0.3 is 10.0 Å². The van der Waals surface area contributed by atoms with Gasteiger partial charge in [-0.15, -0.1) is 11.6 Å². The van der Waals surface area contributed by atoms with Crippen LogP contribution in [0.25, 0.3) is 0 Å². The number of aliphatic hydroxyl groups excluding tert-OH is 1. The van der Waals surface area contributed by atoms with Gasteiger partial charge in [0.25, 0.3) is 0 Å². The molecule has 0 aromatic carbocycles. The Kier molecular flexibility index (Phi) is 4.53. The van der Waals surface area contributed by atoms with Crippen molar-refractivity contribution >= 4 is 17.5 Å². The Labute approximate surface area is 83.7 Å². The van der Waals surface area contributed by atoms with Crippen LogP contribution in [0, 0.1) is 5.92 Å². The van der Waals surface area contributed by atoms with Gasteiger partial charge in [-0.1, -0.05) is 0 Å². The quantitative estimate of drug-likeness (QED) is 0.694. The van der Waals surface area contributed by atoms with Gasteiger partial charge in [0.1, 0.15) is 0 Å². The molecule has 0 radical (unpaired) electrons. The third kappa shape index (κ3) is 3.16. The van der Waals surface area contributed by atoms with Crippen LogP contribution >= 0.6 is 11.6 Å². The highest BCUT2D eigenvalue weighted by Crippen LogP contribution is 2.16. The van der Waals surface area contributed by atoms with E-state index in [1.807, 2.05) is 4.90 Å². The number of aliphatic hydroxyl groups is 1. The lowest BCUT2D eigenvalue weighted by molar-refractivity contribution is -0.132. The summed E-state index contributed by atoms with van der Waals surface area (Å²) in [6.45, 7) is 1.71. The van der Waals surface area contributed by atoms with Crippen molar-refractivity contribution in [3.05, 3.63) is 0 Å². The molecule has 1 N–H and O–H groups in total. The molecule has 0 aromatic rings. The predicted octanol–water partition coefficient (Wildman–Crippen LogP) is 0.846. The zero-order chi connectivity index (χ0) is 9.68. The lowest BCUT2D eigenvalue weighted by atomic mass is 9.99. The van der Waals surface area contributed by atoms with Gasteiger partial charge in [-0.2, -0.15) is 0 Å². The minimum Gasteiger partial charge on any atom is -0.396 e. The van der Waals surface area contributed by atoms with Gasteiger partial charge in [0.05, 0.1) is 0 Å². The van der Waals surface area contributed by atoms with Crippen LogP contribution in [0.1, 0.15) is 19.3 Å². The maximum atomic E-state index is 11.4. The van der Waals surface area contributed by atoms with E-state index in [0.717, 1.165) is 19.4 Å². The number of halogens is 1. The number of amides is 1. The Balaban J connectivity index is 2.37. The van der Waals surface area contributed by atoms with Crippen molar-refractivity contribution in [2.24, 2.45) is 5.92 Å². The first kappa shape index (κ1) is 10.8. The highest BCUT2D eigenvalue weighted by Gasteiger charge is 2.22. The second-order valence-corrected chi connectivity index (χ2v) is 3.85. The fraction of sp³-hybridized carbons (Fsp3) is 0.889. The van der Waals surface area contributed by atoms with E-state index in [1.165, 1.54) is 0 Å². The summed E-state index contributed by atoms with van der Waals surface area (Å²) < 4.78 is 0. The molecule has 0 spiro atoms. The van der Waals surface area contributed by atoms with Gasteiger partial charge in [-0.3, -0.25) is 4.79 Å². The average Bonchev–Trinajstić information content (AvgIpc) is 2.18. The van der Waals surface area contributed by atoms with Gasteiger partial charge in [-0.25, -0.2) is 0 Å². The van der Waals surface area contributed by atoms with Crippen molar-refractivity contribution in [2.75, 3.05) is 25.6 Å². The van der Waals surface area contributed by atoms with Crippen LogP contribution in [-0.2, 0) is 4.79 Å². The number of hydrogen-bond acceptors (Lipinski definition) is 2. The second kappa shape index (κ2) is 5.45. The van der Waals surface area contributed by atoms with Crippen LogP contribution in [0.3, 0.4) is 0 Å². The van der Waals surface area contributed by atoms with E-state index < -0.39 is 0 Å². The molecule has 13 heavy (non-hydrogen) atoms. The number of hydrogen-bond donors (Lipinski definition) is 1. The molecule has 0 aromatic heterocycles. The summed E-state index contributed by atoms with van der Waals surface area (Å²) in [4.78, 5) is 13.2.